The van der Waals surface area contributed by atoms with E-state index >= 15 is 0 Å². The van der Waals surface area contributed by atoms with Gasteiger partial charge in [0.1, 0.15) is 0 Å². The second-order valence-corrected chi connectivity index (χ2v) is 4.53. The molecule has 0 atom stereocenters. The summed E-state index contributed by atoms with van der Waals surface area (Å²) in [5.41, 5.74) is 5.49. The van der Waals surface area contributed by atoms with Crippen LogP contribution in [0, 0.1) is 11.3 Å². The van der Waals surface area contributed by atoms with Crippen LogP contribution in [0.2, 0.25) is 0 Å². The second-order valence-electron chi connectivity index (χ2n) is 4.53. The molecule has 0 aromatic carbocycles. The Balaban J connectivity index is 2.62. The lowest BCUT2D eigenvalue weighted by molar-refractivity contribution is -0.132. The molecule has 0 spiro atoms. The molecule has 82 valence electrons. The second kappa shape index (κ2) is 4.78. The van der Waals surface area contributed by atoms with Crippen molar-refractivity contribution in [2.24, 2.45) is 17.1 Å². The lowest BCUT2D eigenvalue weighted by Crippen LogP contribution is -2.47. The van der Waals surface area contributed by atoms with Crippen molar-refractivity contribution < 1.29 is 4.79 Å². The molecule has 14 heavy (non-hydrogen) atoms. The van der Waals surface area contributed by atoms with E-state index in [2.05, 4.69) is 12.2 Å². The Morgan fingerprint density at radius 3 is 2.50 bits per heavy atom. The van der Waals surface area contributed by atoms with Crippen molar-refractivity contribution in [2.75, 3.05) is 13.1 Å². The van der Waals surface area contributed by atoms with Crippen LogP contribution in [0.25, 0.3) is 0 Å². The fourth-order valence-electron chi connectivity index (χ4n) is 2.19. The van der Waals surface area contributed by atoms with Gasteiger partial charge < -0.3 is 11.1 Å². The molecule has 3 N–H and O–H groups in total. The summed E-state index contributed by atoms with van der Waals surface area (Å²) in [7, 11) is 0. The Morgan fingerprint density at radius 1 is 1.50 bits per heavy atom. The van der Waals surface area contributed by atoms with Gasteiger partial charge in [-0.25, -0.2) is 0 Å². The highest BCUT2D eigenvalue weighted by Gasteiger charge is 2.39. The van der Waals surface area contributed by atoms with Gasteiger partial charge in [0.2, 0.25) is 5.91 Å². The van der Waals surface area contributed by atoms with Crippen molar-refractivity contribution in [1.29, 1.82) is 0 Å². The average Bonchev–Trinajstić information content (AvgIpc) is 2.20. The van der Waals surface area contributed by atoms with E-state index in [0.717, 1.165) is 31.6 Å². The van der Waals surface area contributed by atoms with Crippen LogP contribution < -0.4 is 11.1 Å². The molecule has 1 saturated carbocycles. The zero-order valence-corrected chi connectivity index (χ0v) is 9.31. The number of amides is 1. The number of carbonyl (C=O) groups is 1. The third-order valence-electron chi connectivity index (χ3n) is 3.44. The summed E-state index contributed by atoms with van der Waals surface area (Å²) in [5, 5.41) is 2.90. The van der Waals surface area contributed by atoms with Crippen molar-refractivity contribution >= 4 is 5.91 Å². The van der Waals surface area contributed by atoms with Gasteiger partial charge in [-0.15, -0.1) is 0 Å². The zero-order chi connectivity index (χ0) is 10.6. The van der Waals surface area contributed by atoms with Crippen LogP contribution in [0.1, 0.15) is 39.5 Å². The molecule has 0 aromatic rings. The van der Waals surface area contributed by atoms with Crippen LogP contribution in [-0.4, -0.2) is 19.0 Å². The molecule has 0 aromatic heterocycles. The van der Waals surface area contributed by atoms with Gasteiger partial charge in [0.25, 0.3) is 0 Å². The minimum atomic E-state index is -0.261. The summed E-state index contributed by atoms with van der Waals surface area (Å²) in [6.07, 6.45) is 4.18. The third-order valence-corrected chi connectivity index (χ3v) is 3.44. The van der Waals surface area contributed by atoms with Crippen LogP contribution in [0.15, 0.2) is 0 Å². The maximum absolute atomic E-state index is 11.9. The monoisotopic (exact) mass is 198 g/mol. The lowest BCUT2D eigenvalue weighted by atomic mass is 9.70. The highest BCUT2D eigenvalue weighted by molar-refractivity contribution is 5.82. The van der Waals surface area contributed by atoms with Gasteiger partial charge >= 0.3 is 0 Å². The molecule has 0 saturated heterocycles. The standard InChI is InChI=1S/C11H22N2O/c1-3-13-10(14)11(8-12)6-4-9(2)5-7-11/h9H,3-8,12H2,1-2H3,(H,13,14). The number of nitrogens with two attached hydrogens (primary N) is 1. The van der Waals surface area contributed by atoms with Crippen molar-refractivity contribution in [1.82, 2.24) is 5.32 Å². The van der Waals surface area contributed by atoms with Crippen molar-refractivity contribution in [3.05, 3.63) is 0 Å². The first-order chi connectivity index (χ1) is 6.64. The predicted molar refractivity (Wildman–Crippen MR) is 57.8 cm³/mol. The molecule has 0 heterocycles. The van der Waals surface area contributed by atoms with E-state index in [1.165, 1.54) is 0 Å². The Morgan fingerprint density at radius 2 is 2.07 bits per heavy atom. The van der Waals surface area contributed by atoms with Crippen LogP contribution in [0.5, 0.6) is 0 Å². The highest BCUT2D eigenvalue weighted by Crippen LogP contribution is 2.38. The first-order valence-electron chi connectivity index (χ1n) is 5.63. The van der Waals surface area contributed by atoms with E-state index in [9.17, 15) is 4.79 Å². The quantitative estimate of drug-likeness (QED) is 0.717. The minimum Gasteiger partial charge on any atom is -0.356 e. The topological polar surface area (TPSA) is 55.1 Å². The average molecular weight is 198 g/mol. The molecule has 0 unspecified atom stereocenters. The molecule has 1 aliphatic rings. The Bertz CT molecular complexity index is 195. The molecule has 0 radical (unpaired) electrons. The van der Waals surface area contributed by atoms with E-state index in [0.29, 0.717) is 13.1 Å². The van der Waals surface area contributed by atoms with E-state index in [1.54, 1.807) is 0 Å². The molecule has 3 heteroatoms. The smallest absolute Gasteiger partial charge is 0.227 e. The number of nitrogens with one attached hydrogen (secondary N) is 1. The summed E-state index contributed by atoms with van der Waals surface area (Å²) >= 11 is 0. The molecule has 0 aliphatic heterocycles. The molecule has 1 rings (SSSR count). The van der Waals surface area contributed by atoms with Crippen LogP contribution in [0.4, 0.5) is 0 Å². The van der Waals surface area contributed by atoms with E-state index in [-0.39, 0.29) is 11.3 Å². The first-order valence-corrected chi connectivity index (χ1v) is 5.63. The van der Waals surface area contributed by atoms with Gasteiger partial charge in [0.05, 0.1) is 5.41 Å². The van der Waals surface area contributed by atoms with Gasteiger partial charge in [0.15, 0.2) is 0 Å². The number of carbonyl (C=O) groups excluding carboxylic acids is 1. The third kappa shape index (κ3) is 2.27. The van der Waals surface area contributed by atoms with Gasteiger partial charge in [-0.2, -0.15) is 0 Å². The fourth-order valence-corrected chi connectivity index (χ4v) is 2.19. The summed E-state index contributed by atoms with van der Waals surface area (Å²) in [6.45, 7) is 5.40. The summed E-state index contributed by atoms with van der Waals surface area (Å²) < 4.78 is 0. The number of hydrogen-bond acceptors (Lipinski definition) is 2. The molecule has 1 amide bonds. The van der Waals surface area contributed by atoms with Crippen LogP contribution in [0.3, 0.4) is 0 Å². The number of rotatable bonds is 3. The van der Waals surface area contributed by atoms with Crippen molar-refractivity contribution in [3.63, 3.8) is 0 Å². The Kier molecular flexibility index (Phi) is 3.93. The van der Waals surface area contributed by atoms with Gasteiger partial charge in [0, 0.05) is 13.1 Å². The van der Waals surface area contributed by atoms with E-state index in [4.69, 9.17) is 5.73 Å². The summed E-state index contributed by atoms with van der Waals surface area (Å²) in [4.78, 5) is 11.9. The Labute approximate surface area is 86.4 Å². The van der Waals surface area contributed by atoms with Crippen LogP contribution >= 0.6 is 0 Å². The van der Waals surface area contributed by atoms with Gasteiger partial charge in [-0.3, -0.25) is 4.79 Å². The molecular weight excluding hydrogens is 176 g/mol. The molecule has 0 bridgehead atoms. The summed E-state index contributed by atoms with van der Waals surface area (Å²) in [6, 6.07) is 0. The minimum absolute atomic E-state index is 0.161. The van der Waals surface area contributed by atoms with Gasteiger partial charge in [-0.05, 0) is 38.5 Å². The van der Waals surface area contributed by atoms with Crippen LogP contribution in [-0.2, 0) is 4.79 Å². The molecule has 3 nitrogen and oxygen atoms in total. The van der Waals surface area contributed by atoms with Gasteiger partial charge in [-0.1, -0.05) is 6.92 Å². The number of hydrogen-bond donors (Lipinski definition) is 2. The predicted octanol–water partition coefficient (Wildman–Crippen LogP) is 1.28. The first kappa shape index (κ1) is 11.5. The maximum Gasteiger partial charge on any atom is 0.227 e. The van der Waals surface area contributed by atoms with E-state index < -0.39 is 0 Å². The van der Waals surface area contributed by atoms with Crippen molar-refractivity contribution in [3.8, 4) is 0 Å². The molecule has 1 fully saturated rings. The largest absolute Gasteiger partial charge is 0.356 e. The molecule has 1 aliphatic carbocycles. The molecular formula is C11H22N2O. The fraction of sp³-hybridized carbons (Fsp3) is 0.909. The van der Waals surface area contributed by atoms with E-state index in [1.807, 2.05) is 6.92 Å². The Hall–Kier alpha value is -0.570. The highest BCUT2D eigenvalue weighted by atomic mass is 16.2. The lowest BCUT2D eigenvalue weighted by Gasteiger charge is -2.37. The normalized spacial score (nSPS) is 32.6. The summed E-state index contributed by atoms with van der Waals surface area (Å²) in [5.74, 6) is 0.915. The zero-order valence-electron chi connectivity index (χ0n) is 9.31. The maximum atomic E-state index is 11.9. The van der Waals surface area contributed by atoms with Crippen molar-refractivity contribution in [2.45, 2.75) is 39.5 Å². The SMILES string of the molecule is CCNC(=O)C1(CN)CCC(C)CC1.